The van der Waals surface area contributed by atoms with Crippen molar-refractivity contribution >= 4 is 40.6 Å². The number of anilines is 2. The van der Waals surface area contributed by atoms with Gasteiger partial charge in [-0.3, -0.25) is 0 Å². The van der Waals surface area contributed by atoms with Crippen molar-refractivity contribution in [3.63, 3.8) is 0 Å². The molecule has 7 heteroatoms. The van der Waals surface area contributed by atoms with E-state index in [1.165, 1.54) is 24.3 Å². The number of nitrogens with zero attached hydrogens (tertiary/aromatic N) is 2. The van der Waals surface area contributed by atoms with Crippen LogP contribution in [0.4, 0.5) is 20.6 Å². The van der Waals surface area contributed by atoms with Crippen LogP contribution in [0, 0.1) is 5.82 Å². The Morgan fingerprint density at radius 1 is 1.00 bits per heavy atom. The molecule has 2 aromatic rings. The van der Waals surface area contributed by atoms with Gasteiger partial charge in [-0.2, -0.15) is 0 Å². The average Bonchev–Trinajstić information content (AvgIpc) is 2.59. The minimum atomic E-state index is -0.333. The predicted molar refractivity (Wildman–Crippen MR) is 95.7 cm³/mol. The smallest absolute Gasteiger partial charge is 0.321 e. The number of carbonyl (C=O) groups is 1. The van der Waals surface area contributed by atoms with Crippen molar-refractivity contribution in [3.05, 3.63) is 58.3 Å². The second-order valence-electron chi connectivity index (χ2n) is 5.48. The molecule has 0 saturated carbocycles. The highest BCUT2D eigenvalue weighted by atomic mass is 35.5. The topological polar surface area (TPSA) is 35.6 Å². The van der Waals surface area contributed by atoms with E-state index in [2.05, 4.69) is 10.2 Å². The van der Waals surface area contributed by atoms with Gasteiger partial charge in [0.15, 0.2) is 0 Å². The highest BCUT2D eigenvalue weighted by Crippen LogP contribution is 2.32. The molecule has 0 unspecified atom stereocenters. The Hall–Kier alpha value is -1.98. The zero-order valence-corrected chi connectivity index (χ0v) is 14.3. The molecule has 3 rings (SSSR count). The minimum Gasteiger partial charge on any atom is -0.367 e. The summed E-state index contributed by atoms with van der Waals surface area (Å²) >= 11 is 12.3. The van der Waals surface area contributed by atoms with Crippen molar-refractivity contribution in [3.8, 4) is 0 Å². The Labute approximate surface area is 149 Å². The molecule has 0 bridgehead atoms. The van der Waals surface area contributed by atoms with E-state index >= 15 is 0 Å². The molecule has 126 valence electrons. The predicted octanol–water partition coefficient (Wildman–Crippen LogP) is 4.49. The molecule has 0 atom stereocenters. The summed E-state index contributed by atoms with van der Waals surface area (Å²) in [7, 11) is 0. The summed E-state index contributed by atoms with van der Waals surface area (Å²) < 4.78 is 12.9. The van der Waals surface area contributed by atoms with Gasteiger partial charge in [0.25, 0.3) is 0 Å². The molecule has 0 aromatic heterocycles. The monoisotopic (exact) mass is 367 g/mol. The number of amides is 2. The lowest BCUT2D eigenvalue weighted by atomic mass is 10.2. The fraction of sp³-hybridized carbons (Fsp3) is 0.235. The molecule has 1 saturated heterocycles. The zero-order valence-electron chi connectivity index (χ0n) is 12.8. The van der Waals surface area contributed by atoms with Gasteiger partial charge in [-0.25, -0.2) is 9.18 Å². The molecule has 0 spiro atoms. The van der Waals surface area contributed by atoms with Gasteiger partial charge in [0.2, 0.25) is 0 Å². The number of hydrogen-bond donors (Lipinski definition) is 1. The van der Waals surface area contributed by atoms with Crippen LogP contribution in [-0.4, -0.2) is 37.1 Å². The third kappa shape index (κ3) is 3.74. The Morgan fingerprint density at radius 2 is 1.67 bits per heavy atom. The Bertz CT molecular complexity index is 731. The van der Waals surface area contributed by atoms with E-state index in [0.29, 0.717) is 41.9 Å². The van der Waals surface area contributed by atoms with Crippen LogP contribution in [0.2, 0.25) is 10.0 Å². The molecule has 24 heavy (non-hydrogen) atoms. The lowest BCUT2D eigenvalue weighted by Gasteiger charge is -2.36. The van der Waals surface area contributed by atoms with E-state index in [-0.39, 0.29) is 11.8 Å². The Morgan fingerprint density at radius 3 is 2.33 bits per heavy atom. The van der Waals surface area contributed by atoms with Crippen LogP contribution in [0.1, 0.15) is 0 Å². The molecule has 0 aliphatic carbocycles. The largest absolute Gasteiger partial charge is 0.367 e. The molecular formula is C17H16Cl2FN3O. The van der Waals surface area contributed by atoms with Crippen molar-refractivity contribution in [1.29, 1.82) is 0 Å². The summed E-state index contributed by atoms with van der Waals surface area (Å²) in [5, 5.41) is 3.82. The van der Waals surface area contributed by atoms with Gasteiger partial charge in [0.1, 0.15) is 5.82 Å². The lowest BCUT2D eigenvalue weighted by Crippen LogP contribution is -2.50. The fourth-order valence-electron chi connectivity index (χ4n) is 2.62. The molecule has 0 radical (unpaired) electrons. The maximum Gasteiger partial charge on any atom is 0.321 e. The Balaban J connectivity index is 1.59. The third-order valence-electron chi connectivity index (χ3n) is 3.93. The number of carbonyl (C=O) groups excluding carboxylic acids is 1. The van der Waals surface area contributed by atoms with Crippen LogP contribution in [0.3, 0.4) is 0 Å². The molecule has 2 aromatic carbocycles. The van der Waals surface area contributed by atoms with E-state index in [0.717, 1.165) is 5.69 Å². The van der Waals surface area contributed by atoms with Crippen molar-refractivity contribution in [2.24, 2.45) is 0 Å². The maximum absolute atomic E-state index is 12.9. The number of urea groups is 1. The van der Waals surface area contributed by atoms with Gasteiger partial charge < -0.3 is 15.1 Å². The van der Waals surface area contributed by atoms with Crippen LogP contribution >= 0.6 is 23.2 Å². The maximum atomic E-state index is 12.9. The van der Waals surface area contributed by atoms with Gasteiger partial charge in [-0.05, 0) is 36.4 Å². The number of hydrogen-bond acceptors (Lipinski definition) is 2. The first-order valence-electron chi connectivity index (χ1n) is 7.55. The average molecular weight is 368 g/mol. The normalized spacial score (nSPS) is 14.6. The van der Waals surface area contributed by atoms with Crippen LogP contribution in [-0.2, 0) is 0 Å². The van der Waals surface area contributed by atoms with Gasteiger partial charge in [0, 0.05) is 31.9 Å². The van der Waals surface area contributed by atoms with Crippen molar-refractivity contribution in [2.75, 3.05) is 36.4 Å². The summed E-state index contributed by atoms with van der Waals surface area (Å²) in [5.41, 5.74) is 1.45. The summed E-state index contributed by atoms with van der Waals surface area (Å²) in [6.45, 7) is 2.46. The standard InChI is InChI=1S/C17H16Cl2FN3O/c18-14-2-1-3-15(16(14)19)22-8-10-23(11-9-22)17(24)21-13-6-4-12(20)5-7-13/h1-7H,8-11H2,(H,21,24). The third-order valence-corrected chi connectivity index (χ3v) is 4.74. The van der Waals surface area contributed by atoms with Crippen LogP contribution in [0.5, 0.6) is 0 Å². The molecule has 1 N–H and O–H groups in total. The second kappa shape index (κ2) is 7.28. The van der Waals surface area contributed by atoms with Crippen LogP contribution in [0.15, 0.2) is 42.5 Å². The van der Waals surface area contributed by atoms with Crippen LogP contribution < -0.4 is 10.2 Å². The highest BCUT2D eigenvalue weighted by Gasteiger charge is 2.23. The van der Waals surface area contributed by atoms with Crippen LogP contribution in [0.25, 0.3) is 0 Å². The number of nitrogens with one attached hydrogen (secondary N) is 1. The zero-order chi connectivity index (χ0) is 17.1. The van der Waals surface area contributed by atoms with E-state index in [4.69, 9.17) is 23.2 Å². The van der Waals surface area contributed by atoms with E-state index in [1.807, 2.05) is 12.1 Å². The van der Waals surface area contributed by atoms with Crippen molar-refractivity contribution in [2.45, 2.75) is 0 Å². The molecular weight excluding hydrogens is 352 g/mol. The Kier molecular flexibility index (Phi) is 5.11. The molecule has 1 fully saturated rings. The molecule has 1 heterocycles. The van der Waals surface area contributed by atoms with Crippen molar-refractivity contribution < 1.29 is 9.18 Å². The van der Waals surface area contributed by atoms with E-state index in [1.54, 1.807) is 11.0 Å². The van der Waals surface area contributed by atoms with Gasteiger partial charge in [0.05, 0.1) is 15.7 Å². The van der Waals surface area contributed by atoms with Crippen molar-refractivity contribution in [1.82, 2.24) is 4.90 Å². The molecule has 1 aliphatic heterocycles. The minimum absolute atomic E-state index is 0.196. The first-order valence-corrected chi connectivity index (χ1v) is 8.30. The highest BCUT2D eigenvalue weighted by molar-refractivity contribution is 6.43. The van der Waals surface area contributed by atoms with E-state index < -0.39 is 0 Å². The SMILES string of the molecule is O=C(Nc1ccc(F)cc1)N1CCN(c2cccc(Cl)c2Cl)CC1. The van der Waals surface area contributed by atoms with Gasteiger partial charge in [-0.15, -0.1) is 0 Å². The molecule has 2 amide bonds. The molecule has 1 aliphatic rings. The number of piperazine rings is 1. The molecule has 4 nitrogen and oxygen atoms in total. The van der Waals surface area contributed by atoms with Gasteiger partial charge in [-0.1, -0.05) is 29.3 Å². The number of halogens is 3. The fourth-order valence-corrected chi connectivity index (χ4v) is 3.04. The summed E-state index contributed by atoms with van der Waals surface area (Å²) in [5.74, 6) is -0.333. The second-order valence-corrected chi connectivity index (χ2v) is 6.27. The number of benzene rings is 2. The first kappa shape index (κ1) is 16.9. The van der Waals surface area contributed by atoms with Gasteiger partial charge >= 0.3 is 6.03 Å². The van der Waals surface area contributed by atoms with E-state index in [9.17, 15) is 9.18 Å². The lowest BCUT2D eigenvalue weighted by molar-refractivity contribution is 0.208. The summed E-state index contributed by atoms with van der Waals surface area (Å²) in [4.78, 5) is 16.1. The summed E-state index contributed by atoms with van der Waals surface area (Å²) in [6, 6.07) is 11.0. The summed E-state index contributed by atoms with van der Waals surface area (Å²) in [6.07, 6.45) is 0. The first-order chi connectivity index (χ1) is 11.5. The number of rotatable bonds is 2. The quantitative estimate of drug-likeness (QED) is 0.848.